The first kappa shape index (κ1) is 12.6. The van der Waals surface area contributed by atoms with E-state index >= 15 is 0 Å². The minimum atomic E-state index is 0.595. The average molecular weight is 229 g/mol. The van der Waals surface area contributed by atoms with Crippen LogP contribution in [0.1, 0.15) is 10.6 Å². The fraction of sp³-hybridized carbons (Fsp3) is 0.700. The molecule has 0 atom stereocenters. The maximum absolute atomic E-state index is 5.33. The fourth-order valence-electron chi connectivity index (χ4n) is 1.21. The molecule has 1 rings (SSSR count). The second kappa shape index (κ2) is 6.90. The van der Waals surface area contributed by atoms with Crippen LogP contribution in [0.25, 0.3) is 0 Å². The Morgan fingerprint density at radius 2 is 2.33 bits per heavy atom. The molecule has 1 aromatic heterocycles. The van der Waals surface area contributed by atoms with Crippen LogP contribution in [-0.4, -0.2) is 43.2 Å². The van der Waals surface area contributed by atoms with Gasteiger partial charge in [0.15, 0.2) is 0 Å². The van der Waals surface area contributed by atoms with Gasteiger partial charge in [0.1, 0.15) is 0 Å². The average Bonchev–Trinajstić information content (AvgIpc) is 2.59. The van der Waals surface area contributed by atoms with Gasteiger partial charge in [-0.25, -0.2) is 4.98 Å². The van der Waals surface area contributed by atoms with E-state index < -0.39 is 0 Å². The number of aryl methyl sites for hydroxylation is 1. The van der Waals surface area contributed by atoms with Crippen LogP contribution in [0, 0.1) is 6.92 Å². The predicted octanol–water partition coefficient (Wildman–Crippen LogP) is 0.859. The van der Waals surface area contributed by atoms with Crippen molar-refractivity contribution in [3.8, 4) is 0 Å². The number of likely N-dealkylation sites (N-methyl/N-ethyl adjacent to an activating group) is 1. The van der Waals surface area contributed by atoms with Gasteiger partial charge in [-0.05, 0) is 14.0 Å². The van der Waals surface area contributed by atoms with E-state index in [0.29, 0.717) is 13.2 Å². The van der Waals surface area contributed by atoms with Crippen LogP contribution in [0.15, 0.2) is 5.51 Å². The lowest BCUT2D eigenvalue weighted by Crippen LogP contribution is -2.23. The molecule has 0 spiro atoms. The summed E-state index contributed by atoms with van der Waals surface area (Å²) in [6, 6.07) is 0. The number of nitrogens with two attached hydrogens (primary N) is 1. The first-order valence-electron chi connectivity index (χ1n) is 5.09. The number of hydrogen-bond donors (Lipinski definition) is 1. The Bertz CT molecular complexity index is 277. The molecule has 86 valence electrons. The Labute approximate surface area is 95.1 Å². The topological polar surface area (TPSA) is 51.4 Å². The molecular weight excluding hydrogens is 210 g/mol. The summed E-state index contributed by atoms with van der Waals surface area (Å²) in [7, 11) is 2.09. The maximum Gasteiger partial charge on any atom is 0.0798 e. The Morgan fingerprint density at radius 1 is 1.53 bits per heavy atom. The number of nitrogens with zero attached hydrogens (tertiary/aromatic N) is 2. The van der Waals surface area contributed by atoms with Crippen molar-refractivity contribution in [2.75, 3.05) is 33.4 Å². The summed E-state index contributed by atoms with van der Waals surface area (Å²) in [6.45, 7) is 5.90. The molecule has 1 aromatic rings. The highest BCUT2D eigenvalue weighted by molar-refractivity contribution is 7.09. The highest BCUT2D eigenvalue weighted by Gasteiger charge is 2.04. The van der Waals surface area contributed by atoms with Gasteiger partial charge in [-0.15, -0.1) is 11.3 Å². The first-order valence-corrected chi connectivity index (χ1v) is 5.97. The summed E-state index contributed by atoms with van der Waals surface area (Å²) in [5.74, 6) is 0. The maximum atomic E-state index is 5.33. The van der Waals surface area contributed by atoms with E-state index in [1.807, 2.05) is 12.4 Å². The van der Waals surface area contributed by atoms with Crippen molar-refractivity contribution in [2.24, 2.45) is 5.73 Å². The van der Waals surface area contributed by atoms with E-state index in [1.54, 1.807) is 11.3 Å². The zero-order chi connectivity index (χ0) is 11.1. The second-order valence-corrected chi connectivity index (χ2v) is 4.44. The zero-order valence-electron chi connectivity index (χ0n) is 9.40. The largest absolute Gasteiger partial charge is 0.379 e. The Kier molecular flexibility index (Phi) is 5.78. The van der Waals surface area contributed by atoms with E-state index in [0.717, 1.165) is 25.4 Å². The van der Waals surface area contributed by atoms with Crippen LogP contribution < -0.4 is 5.73 Å². The number of rotatable bonds is 7. The highest BCUT2D eigenvalue weighted by atomic mass is 32.1. The SMILES string of the molecule is Cc1ncsc1CN(C)CCOCCN. The smallest absolute Gasteiger partial charge is 0.0798 e. The van der Waals surface area contributed by atoms with E-state index in [1.165, 1.54) is 4.88 Å². The summed E-state index contributed by atoms with van der Waals surface area (Å²) in [4.78, 5) is 7.79. The number of hydrogen-bond acceptors (Lipinski definition) is 5. The van der Waals surface area contributed by atoms with Gasteiger partial charge in [0.05, 0.1) is 24.4 Å². The molecule has 0 amide bonds. The molecule has 0 saturated carbocycles. The van der Waals surface area contributed by atoms with Crippen molar-refractivity contribution in [3.63, 3.8) is 0 Å². The van der Waals surface area contributed by atoms with Crippen LogP contribution in [0.5, 0.6) is 0 Å². The van der Waals surface area contributed by atoms with Gasteiger partial charge in [0.25, 0.3) is 0 Å². The van der Waals surface area contributed by atoms with Crippen molar-refractivity contribution < 1.29 is 4.74 Å². The van der Waals surface area contributed by atoms with Gasteiger partial charge in [-0.1, -0.05) is 0 Å². The van der Waals surface area contributed by atoms with Crippen LogP contribution in [0.4, 0.5) is 0 Å². The van der Waals surface area contributed by atoms with Gasteiger partial charge in [-0.2, -0.15) is 0 Å². The Hall–Kier alpha value is -0.490. The molecule has 4 nitrogen and oxygen atoms in total. The third-order valence-corrected chi connectivity index (χ3v) is 3.06. The summed E-state index contributed by atoms with van der Waals surface area (Å²) < 4.78 is 5.32. The fourth-order valence-corrected chi connectivity index (χ4v) is 2.06. The summed E-state index contributed by atoms with van der Waals surface area (Å²) in [5, 5.41) is 0. The summed E-state index contributed by atoms with van der Waals surface area (Å²) >= 11 is 1.71. The molecule has 0 saturated heterocycles. The predicted molar refractivity (Wildman–Crippen MR) is 63.1 cm³/mol. The first-order chi connectivity index (χ1) is 7.24. The quantitative estimate of drug-likeness (QED) is 0.705. The van der Waals surface area contributed by atoms with Crippen LogP contribution in [0.2, 0.25) is 0 Å². The minimum absolute atomic E-state index is 0.595. The lowest BCUT2D eigenvalue weighted by molar-refractivity contribution is 0.116. The Morgan fingerprint density at radius 3 is 2.93 bits per heavy atom. The van der Waals surface area contributed by atoms with Crippen molar-refractivity contribution in [1.29, 1.82) is 0 Å². The monoisotopic (exact) mass is 229 g/mol. The molecular formula is C10H19N3OS. The molecule has 1 heterocycles. The van der Waals surface area contributed by atoms with Gasteiger partial charge in [-0.3, -0.25) is 4.90 Å². The van der Waals surface area contributed by atoms with E-state index in [9.17, 15) is 0 Å². The lowest BCUT2D eigenvalue weighted by atomic mass is 10.4. The molecule has 0 aromatic carbocycles. The zero-order valence-corrected chi connectivity index (χ0v) is 10.2. The van der Waals surface area contributed by atoms with Crippen molar-refractivity contribution >= 4 is 11.3 Å². The van der Waals surface area contributed by atoms with E-state index in [2.05, 4.69) is 16.9 Å². The molecule has 0 unspecified atom stereocenters. The number of aromatic nitrogens is 1. The number of ether oxygens (including phenoxy) is 1. The highest BCUT2D eigenvalue weighted by Crippen LogP contribution is 2.13. The molecule has 5 heteroatoms. The second-order valence-electron chi connectivity index (χ2n) is 3.50. The van der Waals surface area contributed by atoms with Gasteiger partial charge in [0, 0.05) is 24.5 Å². The van der Waals surface area contributed by atoms with E-state index in [4.69, 9.17) is 10.5 Å². The minimum Gasteiger partial charge on any atom is -0.379 e. The molecule has 0 aliphatic carbocycles. The number of thiazole rings is 1. The Balaban J connectivity index is 2.18. The summed E-state index contributed by atoms with van der Waals surface area (Å²) in [5.41, 5.74) is 8.36. The van der Waals surface area contributed by atoms with Crippen molar-refractivity contribution in [1.82, 2.24) is 9.88 Å². The molecule has 0 fully saturated rings. The standard InChI is InChI=1S/C10H19N3OS/c1-9-10(15-8-12-9)7-13(2)4-6-14-5-3-11/h8H,3-7,11H2,1-2H3. The van der Waals surface area contributed by atoms with Crippen molar-refractivity contribution in [2.45, 2.75) is 13.5 Å². The van der Waals surface area contributed by atoms with Crippen LogP contribution >= 0.6 is 11.3 Å². The van der Waals surface area contributed by atoms with Gasteiger partial charge >= 0.3 is 0 Å². The molecule has 2 N–H and O–H groups in total. The van der Waals surface area contributed by atoms with Gasteiger partial charge in [0.2, 0.25) is 0 Å². The van der Waals surface area contributed by atoms with E-state index in [-0.39, 0.29) is 0 Å². The van der Waals surface area contributed by atoms with Crippen LogP contribution in [-0.2, 0) is 11.3 Å². The molecule has 15 heavy (non-hydrogen) atoms. The molecule has 0 aliphatic heterocycles. The summed E-state index contributed by atoms with van der Waals surface area (Å²) in [6.07, 6.45) is 0. The normalized spacial score (nSPS) is 11.2. The molecule has 0 aliphatic rings. The molecule has 0 bridgehead atoms. The lowest BCUT2D eigenvalue weighted by Gasteiger charge is -2.15. The van der Waals surface area contributed by atoms with Gasteiger partial charge < -0.3 is 10.5 Å². The van der Waals surface area contributed by atoms with Crippen molar-refractivity contribution in [3.05, 3.63) is 16.1 Å². The third-order valence-electron chi connectivity index (χ3n) is 2.14. The van der Waals surface area contributed by atoms with Crippen LogP contribution in [0.3, 0.4) is 0 Å². The third kappa shape index (κ3) is 4.70. The molecule has 0 radical (unpaired) electrons.